The molecule has 0 aromatic heterocycles. The van der Waals surface area contributed by atoms with Crippen molar-refractivity contribution in [3.63, 3.8) is 0 Å². The fourth-order valence-corrected chi connectivity index (χ4v) is 11.0. The Bertz CT molecular complexity index is 2520. The van der Waals surface area contributed by atoms with Crippen LogP contribution in [0.5, 0.6) is 0 Å². The van der Waals surface area contributed by atoms with Crippen LogP contribution in [0.3, 0.4) is 0 Å². The number of thioether (sulfide) groups is 1. The van der Waals surface area contributed by atoms with E-state index in [1.54, 1.807) is 24.3 Å². The minimum absolute atomic E-state index is 0.0953. The minimum atomic E-state index is -6.06. The van der Waals surface area contributed by atoms with Crippen molar-refractivity contribution in [3.05, 3.63) is 137 Å². The van der Waals surface area contributed by atoms with Crippen LogP contribution in [0.4, 0.5) is 24.5 Å². The maximum absolute atomic E-state index is 14.2. The van der Waals surface area contributed by atoms with E-state index < -0.39 is 53.1 Å². The van der Waals surface area contributed by atoms with Crippen molar-refractivity contribution < 1.29 is 40.2 Å². The molecule has 6 rings (SSSR count). The number of nitrogens with two attached hydrogens (primary N) is 1. The first-order valence-corrected chi connectivity index (χ1v) is 25.2. The van der Waals surface area contributed by atoms with E-state index in [0.29, 0.717) is 56.0 Å². The predicted octanol–water partition coefficient (Wildman–Crippen LogP) is 8.46. The summed E-state index contributed by atoms with van der Waals surface area (Å²) in [6, 6.07) is 33.3. The van der Waals surface area contributed by atoms with Crippen LogP contribution in [0, 0.1) is 5.92 Å². The second kappa shape index (κ2) is 21.9. The van der Waals surface area contributed by atoms with Crippen molar-refractivity contribution in [2.75, 3.05) is 55.3 Å². The van der Waals surface area contributed by atoms with E-state index in [9.17, 15) is 40.2 Å². The van der Waals surface area contributed by atoms with E-state index in [1.165, 1.54) is 11.8 Å². The number of aliphatic hydroxyl groups is 2. The van der Waals surface area contributed by atoms with Gasteiger partial charge in [0.1, 0.15) is 11.1 Å². The molecule has 5 aromatic rings. The van der Waals surface area contributed by atoms with Crippen LogP contribution in [0.2, 0.25) is 5.02 Å². The average Bonchev–Trinajstić information content (AvgIpc) is 3.29. The number of likely N-dealkylation sites (N-methyl/N-ethyl adjacent to an activating group) is 1. The van der Waals surface area contributed by atoms with E-state index in [4.69, 9.17) is 17.3 Å². The zero-order valence-electron chi connectivity index (χ0n) is 35.2. The van der Waals surface area contributed by atoms with Crippen LogP contribution in [0.25, 0.3) is 11.1 Å². The first-order valence-electron chi connectivity index (χ1n) is 20.9. The summed E-state index contributed by atoms with van der Waals surface area (Å²) < 4.78 is 97.8. The Morgan fingerprint density at radius 2 is 1.55 bits per heavy atom. The number of rotatable bonds is 20. The number of nitrogens with one attached hydrogen (secondary N) is 2. The summed E-state index contributed by atoms with van der Waals surface area (Å²) in [7, 11) is -10.8. The SMILES string of the molecule is CCN(CCO)CCC(CSc1ccccc1)Nc1ccc(S(=O)(=O)NC(O)c2ccc(N3CCC(C(N)c4ccccc4-c4ccc(Cl)cc4)CC3)cc2)cc1S(=O)(=O)C(F)(F)F. The Kier molecular flexibility index (Phi) is 16.8. The third-order valence-corrected chi connectivity index (χ3v) is 15.8. The molecule has 1 fully saturated rings. The molecule has 3 atom stereocenters. The normalized spacial score (nSPS) is 15.5. The molecule has 5 aromatic carbocycles. The number of halogens is 4. The van der Waals surface area contributed by atoms with Crippen molar-refractivity contribution in [2.24, 2.45) is 11.7 Å². The molecule has 1 heterocycles. The fraction of sp³-hybridized carbons (Fsp3) is 0.348. The Labute approximate surface area is 382 Å². The molecule has 11 nitrogen and oxygen atoms in total. The van der Waals surface area contributed by atoms with Gasteiger partial charge < -0.3 is 31.1 Å². The number of benzene rings is 5. The molecule has 0 saturated carbocycles. The van der Waals surface area contributed by atoms with Crippen LogP contribution < -0.4 is 20.7 Å². The molecule has 0 aliphatic carbocycles. The Morgan fingerprint density at radius 1 is 0.891 bits per heavy atom. The lowest BCUT2D eigenvalue weighted by Crippen LogP contribution is -2.37. The zero-order valence-corrected chi connectivity index (χ0v) is 38.4. The lowest BCUT2D eigenvalue weighted by molar-refractivity contribution is -0.0435. The number of nitrogens with zero attached hydrogens (tertiary/aromatic N) is 2. The topological polar surface area (TPSA) is 165 Å². The van der Waals surface area contributed by atoms with E-state index in [1.807, 2.05) is 78.6 Å². The van der Waals surface area contributed by atoms with Gasteiger partial charge >= 0.3 is 5.51 Å². The van der Waals surface area contributed by atoms with Gasteiger partial charge in [-0.25, -0.2) is 16.8 Å². The Hall–Kier alpha value is -4.17. The summed E-state index contributed by atoms with van der Waals surface area (Å²) in [5.41, 5.74) is 4.86. The first kappa shape index (κ1) is 49.3. The second-order valence-corrected chi connectivity index (χ2v) is 20.7. The third-order valence-electron chi connectivity index (χ3n) is 11.4. The lowest BCUT2D eigenvalue weighted by atomic mass is 9.83. The molecule has 0 radical (unpaired) electrons. The standard InChI is InChI=1S/C46H53ClF3N5O6S3/c1-2-54(28-29-56)25-24-36(31-62-38-8-4-3-5-9-38)52-42-21-20-39(30-43(42)63(58,59)46(48,49)50)64(60,61)53-45(57)34-14-18-37(19-15-34)55-26-22-33(23-27-55)44(51)41-11-7-6-10-40(41)32-12-16-35(47)17-13-32/h3-21,30,33,36,44-45,52-53,56-57H,2,22-29,31,51H2,1H3. The number of aliphatic hydroxyl groups excluding tert-OH is 2. The number of sulfone groups is 1. The predicted molar refractivity (Wildman–Crippen MR) is 249 cm³/mol. The molecule has 0 bridgehead atoms. The second-order valence-electron chi connectivity index (χ2n) is 15.6. The smallest absolute Gasteiger partial charge is 0.395 e. The third kappa shape index (κ3) is 12.4. The first-order chi connectivity index (χ1) is 30.5. The molecule has 344 valence electrons. The highest BCUT2D eigenvalue weighted by Gasteiger charge is 2.48. The number of piperidine rings is 1. The van der Waals surface area contributed by atoms with Crippen LogP contribution in [0.15, 0.2) is 136 Å². The Balaban J connectivity index is 1.14. The molecule has 6 N–H and O–H groups in total. The molecular formula is C46H53ClF3N5O6S3. The summed E-state index contributed by atoms with van der Waals surface area (Å²) in [4.78, 5) is 2.95. The molecular weight excluding hydrogens is 907 g/mol. The number of anilines is 2. The molecule has 1 aliphatic rings. The van der Waals surface area contributed by atoms with Crippen molar-refractivity contribution in [1.29, 1.82) is 0 Å². The molecule has 1 saturated heterocycles. The van der Waals surface area contributed by atoms with Gasteiger partial charge in [-0.05, 0) is 109 Å². The van der Waals surface area contributed by atoms with Gasteiger partial charge in [0.2, 0.25) is 10.0 Å². The summed E-state index contributed by atoms with van der Waals surface area (Å²) in [5.74, 6) is 0.539. The van der Waals surface area contributed by atoms with Crippen molar-refractivity contribution in [1.82, 2.24) is 9.62 Å². The van der Waals surface area contributed by atoms with Gasteiger partial charge in [0, 0.05) is 59.6 Å². The highest BCUT2D eigenvalue weighted by atomic mass is 35.5. The summed E-state index contributed by atoms with van der Waals surface area (Å²) in [6.07, 6.45) is 0.175. The van der Waals surface area contributed by atoms with Gasteiger partial charge in [-0.1, -0.05) is 85.3 Å². The van der Waals surface area contributed by atoms with Gasteiger partial charge in [0.25, 0.3) is 9.84 Å². The van der Waals surface area contributed by atoms with Gasteiger partial charge in [-0.3, -0.25) is 0 Å². The monoisotopic (exact) mass is 959 g/mol. The number of sulfonamides is 1. The maximum Gasteiger partial charge on any atom is 0.501 e. The summed E-state index contributed by atoms with van der Waals surface area (Å²) in [6.45, 7) is 4.63. The molecule has 0 amide bonds. The van der Waals surface area contributed by atoms with Gasteiger partial charge in [-0.15, -0.1) is 11.8 Å². The fourth-order valence-electron chi connectivity index (χ4n) is 7.78. The summed E-state index contributed by atoms with van der Waals surface area (Å²) in [5, 5.41) is 24.1. The van der Waals surface area contributed by atoms with E-state index >= 15 is 0 Å². The molecule has 0 spiro atoms. The number of hydrogen-bond acceptors (Lipinski definition) is 11. The van der Waals surface area contributed by atoms with E-state index in [2.05, 4.69) is 27.1 Å². The summed E-state index contributed by atoms with van der Waals surface area (Å²) >= 11 is 7.54. The quantitative estimate of drug-likeness (QED) is 0.0376. The van der Waals surface area contributed by atoms with Gasteiger partial charge in [0.15, 0.2) is 0 Å². The van der Waals surface area contributed by atoms with E-state index in [-0.39, 0.29) is 24.1 Å². The molecule has 64 heavy (non-hydrogen) atoms. The number of alkyl halides is 3. The van der Waals surface area contributed by atoms with Gasteiger partial charge in [0.05, 0.1) is 17.2 Å². The maximum atomic E-state index is 14.2. The molecule has 18 heteroatoms. The average molecular weight is 961 g/mol. The highest BCUT2D eigenvalue weighted by Crippen LogP contribution is 2.38. The van der Waals surface area contributed by atoms with Crippen molar-refractivity contribution in [2.45, 2.75) is 64.7 Å². The molecule has 1 aliphatic heterocycles. The number of hydrogen-bond donors (Lipinski definition) is 5. The van der Waals surface area contributed by atoms with E-state index in [0.717, 1.165) is 52.2 Å². The van der Waals surface area contributed by atoms with Crippen LogP contribution in [-0.2, 0) is 19.9 Å². The van der Waals surface area contributed by atoms with Crippen molar-refractivity contribution in [3.8, 4) is 11.1 Å². The van der Waals surface area contributed by atoms with Crippen LogP contribution in [-0.4, -0.2) is 88.6 Å². The zero-order chi connectivity index (χ0) is 46.1. The van der Waals surface area contributed by atoms with Crippen LogP contribution in [0.1, 0.15) is 49.6 Å². The van der Waals surface area contributed by atoms with Gasteiger partial charge in [-0.2, -0.15) is 17.9 Å². The molecule has 3 unspecified atom stereocenters. The van der Waals surface area contributed by atoms with Crippen molar-refractivity contribution >= 4 is 54.6 Å². The lowest BCUT2D eigenvalue weighted by Gasteiger charge is -2.36. The minimum Gasteiger partial charge on any atom is -0.395 e. The largest absolute Gasteiger partial charge is 0.501 e. The highest BCUT2D eigenvalue weighted by molar-refractivity contribution is 7.99. The Morgan fingerprint density at radius 3 is 2.19 bits per heavy atom. The van der Waals surface area contributed by atoms with Crippen LogP contribution >= 0.6 is 23.4 Å².